The van der Waals surface area contributed by atoms with E-state index in [1.807, 2.05) is 25.1 Å². The van der Waals surface area contributed by atoms with E-state index in [0.717, 1.165) is 32.9 Å². The molecule has 0 spiro atoms. The summed E-state index contributed by atoms with van der Waals surface area (Å²) in [5, 5.41) is 3.35. The molecule has 4 aromatic carbocycles. The number of hydrogen-bond acceptors (Lipinski definition) is 2. The van der Waals surface area contributed by atoms with Crippen LogP contribution in [-0.2, 0) is 6.16 Å². The second-order valence-electron chi connectivity index (χ2n) is 8.74. The molecule has 0 bridgehead atoms. The quantitative estimate of drug-likeness (QED) is 0.240. The van der Waals surface area contributed by atoms with Crippen LogP contribution in [0.15, 0.2) is 120 Å². The van der Waals surface area contributed by atoms with Crippen LogP contribution in [0, 0.1) is 13.8 Å². The molecule has 0 amide bonds. The fraction of sp³-hybridized carbons (Fsp3) is 0.100. The molecule has 0 fully saturated rings. The molecule has 34 heavy (non-hydrogen) atoms. The number of benzene rings is 4. The predicted octanol–water partition coefficient (Wildman–Crippen LogP) is 7.14. The molecule has 0 saturated carbocycles. The molecule has 0 atom stereocenters. The molecule has 0 aliphatic carbocycles. The zero-order valence-corrected chi connectivity index (χ0v) is 21.0. The second-order valence-corrected chi connectivity index (χ2v) is 15.2. The Morgan fingerprint density at radius 1 is 0.647 bits per heavy atom. The van der Waals surface area contributed by atoms with E-state index in [4.69, 9.17) is 20.6 Å². The van der Waals surface area contributed by atoms with E-state index in [2.05, 4.69) is 104 Å². The van der Waals surface area contributed by atoms with Crippen molar-refractivity contribution in [1.82, 2.24) is 4.98 Å². The topological polar surface area (TPSA) is 26.0 Å². The molecule has 0 saturated heterocycles. The van der Waals surface area contributed by atoms with Crippen LogP contribution in [0.3, 0.4) is 0 Å². The molecule has 2 nitrogen and oxygen atoms in total. The van der Waals surface area contributed by atoms with E-state index in [1.165, 1.54) is 5.56 Å². The summed E-state index contributed by atoms with van der Waals surface area (Å²) in [6.45, 7) is 4.06. The van der Waals surface area contributed by atoms with Crippen molar-refractivity contribution in [3.05, 3.63) is 132 Å². The average Bonchev–Trinajstić information content (AvgIpc) is 3.25. The Bertz CT molecular complexity index is 1300. The first kappa shape index (κ1) is 22.6. The summed E-state index contributed by atoms with van der Waals surface area (Å²) in [5.41, 5.74) is 3.06. The van der Waals surface area contributed by atoms with E-state index >= 15 is 0 Å². The van der Waals surface area contributed by atoms with Gasteiger partial charge in [-0.2, -0.15) is 0 Å². The molecular formula is C30H27ClNOP. The molecule has 170 valence electrons. The second kappa shape index (κ2) is 8.87. The standard InChI is InChI=1S/C30H27ClNOP/c1-23-18-20-25(21-19-23)30-32-29(24(2)33-30)22-34(31,26-12-6-3-7-13-26,27-14-8-4-9-15-27)28-16-10-5-11-17-28/h3-21H,22H2,1-2H3. The van der Waals surface area contributed by atoms with Gasteiger partial charge in [0.15, 0.2) is 0 Å². The fourth-order valence-corrected chi connectivity index (χ4v) is 10.6. The molecule has 0 unspecified atom stereocenters. The van der Waals surface area contributed by atoms with E-state index in [1.54, 1.807) is 0 Å². The first-order chi connectivity index (χ1) is 16.5. The van der Waals surface area contributed by atoms with Gasteiger partial charge in [0, 0.05) is 0 Å². The van der Waals surface area contributed by atoms with Crippen molar-refractivity contribution in [1.29, 1.82) is 0 Å². The van der Waals surface area contributed by atoms with E-state index in [9.17, 15) is 0 Å². The Balaban J connectivity index is 1.76. The SMILES string of the molecule is Cc1ccc(-c2nc(CP(Cl)(c3ccccc3)(c3ccccc3)c3ccccc3)c(C)o2)cc1. The number of rotatable bonds is 6. The van der Waals surface area contributed by atoms with Crippen LogP contribution < -0.4 is 15.9 Å². The maximum absolute atomic E-state index is 8.21. The van der Waals surface area contributed by atoms with E-state index in [0.29, 0.717) is 12.1 Å². The molecule has 4 heteroatoms. The summed E-state index contributed by atoms with van der Waals surface area (Å²) in [6.07, 6.45) is 0.562. The van der Waals surface area contributed by atoms with Crippen molar-refractivity contribution in [2.45, 2.75) is 20.0 Å². The van der Waals surface area contributed by atoms with Gasteiger partial charge in [-0.25, -0.2) is 0 Å². The number of halogens is 1. The number of aromatic nitrogens is 1. The average molecular weight is 484 g/mol. The van der Waals surface area contributed by atoms with Gasteiger partial charge in [0.05, 0.1) is 0 Å². The molecule has 0 aliphatic heterocycles. The van der Waals surface area contributed by atoms with Crippen LogP contribution in [-0.4, -0.2) is 4.98 Å². The van der Waals surface area contributed by atoms with Gasteiger partial charge in [0.25, 0.3) is 0 Å². The third kappa shape index (κ3) is 3.78. The molecule has 1 aromatic heterocycles. The van der Waals surface area contributed by atoms with Crippen LogP contribution in [0.4, 0.5) is 0 Å². The minimum absolute atomic E-state index is 0.562. The maximum atomic E-state index is 8.21. The third-order valence-corrected chi connectivity index (χ3v) is 13.7. The van der Waals surface area contributed by atoms with Gasteiger partial charge in [-0.3, -0.25) is 0 Å². The number of aryl methyl sites for hydroxylation is 2. The Hall–Kier alpha value is -3.19. The minimum atomic E-state index is -3.46. The van der Waals surface area contributed by atoms with Crippen LogP contribution >= 0.6 is 17.2 Å². The molecule has 0 aliphatic rings. The van der Waals surface area contributed by atoms with Gasteiger partial charge < -0.3 is 0 Å². The van der Waals surface area contributed by atoms with Crippen molar-refractivity contribution in [2.24, 2.45) is 0 Å². The first-order valence-corrected chi connectivity index (χ1v) is 14.7. The Morgan fingerprint density at radius 3 is 1.53 bits per heavy atom. The summed E-state index contributed by atoms with van der Waals surface area (Å²) in [4.78, 5) is 5.00. The van der Waals surface area contributed by atoms with Crippen molar-refractivity contribution < 1.29 is 4.42 Å². The van der Waals surface area contributed by atoms with E-state index in [-0.39, 0.29) is 0 Å². The van der Waals surface area contributed by atoms with Crippen LogP contribution in [0.25, 0.3) is 11.5 Å². The van der Waals surface area contributed by atoms with Gasteiger partial charge >= 0.3 is 206 Å². The van der Waals surface area contributed by atoms with Crippen LogP contribution in [0.5, 0.6) is 0 Å². The molecule has 0 radical (unpaired) electrons. The van der Waals surface area contributed by atoms with Crippen molar-refractivity contribution in [3.8, 4) is 11.5 Å². The first-order valence-electron chi connectivity index (χ1n) is 11.4. The van der Waals surface area contributed by atoms with Gasteiger partial charge in [0.2, 0.25) is 0 Å². The zero-order chi connectivity index (χ0) is 23.6. The summed E-state index contributed by atoms with van der Waals surface area (Å²) in [6, 6.07) is 39.7. The summed E-state index contributed by atoms with van der Waals surface area (Å²) >= 11 is 8.21. The third-order valence-electron chi connectivity index (χ3n) is 6.52. The van der Waals surface area contributed by atoms with Gasteiger partial charge in [-0.1, -0.05) is 0 Å². The molecule has 5 rings (SSSR count). The Kier molecular flexibility index (Phi) is 5.90. The van der Waals surface area contributed by atoms with Crippen LogP contribution in [0.2, 0.25) is 0 Å². The predicted molar refractivity (Wildman–Crippen MR) is 146 cm³/mol. The Labute approximate surface area is 206 Å². The zero-order valence-electron chi connectivity index (χ0n) is 19.4. The van der Waals surface area contributed by atoms with E-state index < -0.39 is 5.96 Å². The number of nitrogens with zero attached hydrogens (tertiary/aromatic N) is 1. The number of hydrogen-bond donors (Lipinski definition) is 0. The van der Waals surface area contributed by atoms with Gasteiger partial charge in [0.1, 0.15) is 0 Å². The molecule has 1 heterocycles. The van der Waals surface area contributed by atoms with Crippen molar-refractivity contribution in [2.75, 3.05) is 0 Å². The molecule has 0 N–H and O–H groups in total. The van der Waals surface area contributed by atoms with Crippen molar-refractivity contribution in [3.63, 3.8) is 0 Å². The van der Waals surface area contributed by atoms with Crippen LogP contribution in [0.1, 0.15) is 17.0 Å². The fourth-order valence-electron chi connectivity index (χ4n) is 4.61. The normalized spacial score (nSPS) is 12.7. The summed E-state index contributed by atoms with van der Waals surface area (Å²) < 4.78 is 6.19. The Morgan fingerprint density at radius 2 is 1.09 bits per heavy atom. The molecular weight excluding hydrogens is 457 g/mol. The summed E-state index contributed by atoms with van der Waals surface area (Å²) in [7, 11) is 0. The number of oxazole rings is 1. The summed E-state index contributed by atoms with van der Waals surface area (Å²) in [5.74, 6) is -2.04. The van der Waals surface area contributed by atoms with Gasteiger partial charge in [-0.15, -0.1) is 0 Å². The monoisotopic (exact) mass is 483 g/mol. The van der Waals surface area contributed by atoms with Crippen molar-refractivity contribution >= 4 is 33.1 Å². The molecule has 5 aromatic rings. The van der Waals surface area contributed by atoms with Gasteiger partial charge in [-0.05, 0) is 0 Å².